The van der Waals surface area contributed by atoms with Gasteiger partial charge in [0.1, 0.15) is 11.6 Å². The quantitative estimate of drug-likeness (QED) is 0.567. The van der Waals surface area contributed by atoms with Crippen LogP contribution in [0.2, 0.25) is 5.02 Å². The number of aromatic nitrogens is 3. The average Bonchev–Trinajstić information content (AvgIpc) is 3.30. The predicted octanol–water partition coefficient (Wildman–Crippen LogP) is 3.53. The monoisotopic (exact) mass is 467 g/mol. The maximum Gasteiger partial charge on any atom is 0.471 e. The lowest BCUT2D eigenvalue weighted by Gasteiger charge is -2.35. The first kappa shape index (κ1) is 21.9. The molecule has 3 heterocycles. The minimum absolute atomic E-state index is 0.0702. The Bertz CT molecular complexity index is 1070. The van der Waals surface area contributed by atoms with Gasteiger partial charge in [0.05, 0.1) is 0 Å². The van der Waals surface area contributed by atoms with Gasteiger partial charge in [-0.1, -0.05) is 16.8 Å². The molecule has 1 saturated heterocycles. The molecule has 12 heteroatoms. The number of nitrogens with zero attached hydrogens (tertiary/aromatic N) is 5. The van der Waals surface area contributed by atoms with Crippen LogP contribution in [-0.2, 0) is 11.0 Å². The van der Waals surface area contributed by atoms with Gasteiger partial charge in [0.15, 0.2) is 6.61 Å². The average molecular weight is 468 g/mol. The number of rotatable bonds is 5. The summed E-state index contributed by atoms with van der Waals surface area (Å²) in [4.78, 5) is 23.7. The van der Waals surface area contributed by atoms with E-state index in [1.807, 2.05) is 4.90 Å². The summed E-state index contributed by atoms with van der Waals surface area (Å²) in [6.07, 6.45) is -3.31. The normalized spacial score (nSPS) is 14.5. The summed E-state index contributed by atoms with van der Waals surface area (Å²) in [6, 6.07) is 10.0. The third-order valence-corrected chi connectivity index (χ3v) is 5.06. The lowest BCUT2D eigenvalue weighted by molar-refractivity contribution is -0.159. The first-order valence-corrected chi connectivity index (χ1v) is 9.96. The standard InChI is InChI=1S/C20H17ClF3N5O3/c21-14-2-4-15(5-3-14)31-12-17(30)29-9-7-28(8-10-29)16-6-1-13(11-25-16)18-26-19(32-27-18)20(22,23)24/h1-6,11H,7-10,12H2. The summed E-state index contributed by atoms with van der Waals surface area (Å²) in [7, 11) is 0. The molecule has 168 valence electrons. The van der Waals surface area contributed by atoms with Crippen molar-refractivity contribution in [2.45, 2.75) is 6.18 Å². The summed E-state index contributed by atoms with van der Waals surface area (Å²) in [5, 5.41) is 3.93. The largest absolute Gasteiger partial charge is 0.484 e. The zero-order chi connectivity index (χ0) is 22.7. The molecular formula is C20H17ClF3N5O3. The maximum absolute atomic E-state index is 12.6. The summed E-state index contributed by atoms with van der Waals surface area (Å²) < 4.78 is 47.5. The second-order valence-electron chi connectivity index (χ2n) is 6.94. The first-order valence-electron chi connectivity index (χ1n) is 9.58. The maximum atomic E-state index is 12.6. The Labute approximate surface area is 185 Å². The van der Waals surface area contributed by atoms with E-state index in [2.05, 4.69) is 19.6 Å². The van der Waals surface area contributed by atoms with Crippen LogP contribution in [0.15, 0.2) is 47.1 Å². The van der Waals surface area contributed by atoms with E-state index in [1.54, 1.807) is 41.3 Å². The molecule has 1 amide bonds. The van der Waals surface area contributed by atoms with Gasteiger partial charge < -0.3 is 19.1 Å². The van der Waals surface area contributed by atoms with Crippen molar-refractivity contribution in [1.29, 1.82) is 0 Å². The highest BCUT2D eigenvalue weighted by atomic mass is 35.5. The summed E-state index contributed by atoms with van der Waals surface area (Å²) >= 11 is 5.83. The molecule has 0 atom stereocenters. The minimum atomic E-state index is -4.70. The SMILES string of the molecule is O=C(COc1ccc(Cl)cc1)N1CCN(c2ccc(-c3noc(C(F)(F)F)n3)cn2)CC1. The van der Waals surface area contributed by atoms with E-state index < -0.39 is 12.1 Å². The van der Waals surface area contributed by atoms with Crippen molar-refractivity contribution < 1.29 is 27.2 Å². The van der Waals surface area contributed by atoms with Crippen LogP contribution in [0, 0.1) is 0 Å². The Hall–Kier alpha value is -3.34. The van der Waals surface area contributed by atoms with Gasteiger partial charge >= 0.3 is 12.1 Å². The van der Waals surface area contributed by atoms with Crippen LogP contribution < -0.4 is 9.64 Å². The van der Waals surface area contributed by atoms with Crippen LogP contribution in [0.4, 0.5) is 19.0 Å². The van der Waals surface area contributed by atoms with Gasteiger partial charge in [0, 0.05) is 43.0 Å². The second kappa shape index (κ2) is 9.03. The van der Waals surface area contributed by atoms with E-state index in [9.17, 15) is 18.0 Å². The number of carbonyl (C=O) groups is 1. The number of anilines is 1. The minimum Gasteiger partial charge on any atom is -0.484 e. The molecule has 32 heavy (non-hydrogen) atoms. The van der Waals surface area contributed by atoms with Crippen LogP contribution in [0.1, 0.15) is 5.89 Å². The zero-order valence-corrected chi connectivity index (χ0v) is 17.3. The molecule has 1 aliphatic heterocycles. The van der Waals surface area contributed by atoms with Crippen LogP contribution in [-0.4, -0.2) is 58.7 Å². The van der Waals surface area contributed by atoms with Crippen molar-refractivity contribution in [3.63, 3.8) is 0 Å². The highest BCUT2D eigenvalue weighted by molar-refractivity contribution is 6.30. The van der Waals surface area contributed by atoms with Gasteiger partial charge in [-0.2, -0.15) is 18.2 Å². The Morgan fingerprint density at radius 3 is 2.41 bits per heavy atom. The van der Waals surface area contributed by atoms with Gasteiger partial charge in [-0.15, -0.1) is 0 Å². The molecular weight excluding hydrogens is 451 g/mol. The van der Waals surface area contributed by atoms with Crippen molar-refractivity contribution in [1.82, 2.24) is 20.0 Å². The molecule has 1 aromatic carbocycles. The topological polar surface area (TPSA) is 84.6 Å². The van der Waals surface area contributed by atoms with Crippen molar-refractivity contribution >= 4 is 23.3 Å². The van der Waals surface area contributed by atoms with E-state index in [0.29, 0.717) is 48.3 Å². The Balaban J connectivity index is 1.29. The highest BCUT2D eigenvalue weighted by Gasteiger charge is 2.38. The fourth-order valence-electron chi connectivity index (χ4n) is 3.11. The fraction of sp³-hybridized carbons (Fsp3) is 0.300. The van der Waals surface area contributed by atoms with E-state index in [4.69, 9.17) is 16.3 Å². The molecule has 0 spiro atoms. The van der Waals surface area contributed by atoms with E-state index in [-0.39, 0.29) is 18.3 Å². The smallest absolute Gasteiger partial charge is 0.471 e. The van der Waals surface area contributed by atoms with Gasteiger partial charge in [0.25, 0.3) is 5.91 Å². The Kier molecular flexibility index (Phi) is 6.17. The van der Waals surface area contributed by atoms with Crippen molar-refractivity contribution in [3.05, 3.63) is 53.5 Å². The van der Waals surface area contributed by atoms with Crippen molar-refractivity contribution in [2.75, 3.05) is 37.7 Å². The third-order valence-electron chi connectivity index (χ3n) is 4.81. The number of amides is 1. The molecule has 4 rings (SSSR count). The number of hydrogen-bond acceptors (Lipinski definition) is 7. The molecule has 0 aliphatic carbocycles. The van der Waals surface area contributed by atoms with E-state index in [0.717, 1.165) is 0 Å². The van der Waals surface area contributed by atoms with Crippen LogP contribution in [0.5, 0.6) is 5.75 Å². The third kappa shape index (κ3) is 5.10. The predicted molar refractivity (Wildman–Crippen MR) is 108 cm³/mol. The fourth-order valence-corrected chi connectivity index (χ4v) is 3.24. The molecule has 8 nitrogen and oxygen atoms in total. The number of piperazine rings is 1. The molecule has 2 aromatic heterocycles. The molecule has 0 radical (unpaired) electrons. The lowest BCUT2D eigenvalue weighted by atomic mass is 10.2. The van der Waals surface area contributed by atoms with Gasteiger partial charge in [0.2, 0.25) is 5.82 Å². The van der Waals surface area contributed by atoms with Gasteiger partial charge in [-0.3, -0.25) is 4.79 Å². The zero-order valence-electron chi connectivity index (χ0n) is 16.5. The summed E-state index contributed by atoms with van der Waals surface area (Å²) in [6.45, 7) is 2.02. The number of hydrogen-bond donors (Lipinski definition) is 0. The summed E-state index contributed by atoms with van der Waals surface area (Å²) in [5.41, 5.74) is 0.307. The van der Waals surface area contributed by atoms with Crippen LogP contribution in [0.3, 0.4) is 0 Å². The number of pyridine rings is 1. The summed E-state index contributed by atoms with van der Waals surface area (Å²) in [5.74, 6) is -0.516. The van der Waals surface area contributed by atoms with Gasteiger partial charge in [-0.05, 0) is 36.4 Å². The van der Waals surface area contributed by atoms with E-state index >= 15 is 0 Å². The van der Waals surface area contributed by atoms with Crippen molar-refractivity contribution in [3.8, 4) is 17.1 Å². The van der Waals surface area contributed by atoms with Crippen LogP contribution >= 0.6 is 11.6 Å². The van der Waals surface area contributed by atoms with Crippen LogP contribution in [0.25, 0.3) is 11.4 Å². The number of halogens is 4. The number of carbonyl (C=O) groups excluding carboxylic acids is 1. The van der Waals surface area contributed by atoms with E-state index in [1.165, 1.54) is 6.20 Å². The molecule has 0 saturated carbocycles. The van der Waals surface area contributed by atoms with Crippen molar-refractivity contribution in [2.24, 2.45) is 0 Å². The molecule has 1 aliphatic rings. The number of benzene rings is 1. The molecule has 1 fully saturated rings. The Morgan fingerprint density at radius 2 is 1.81 bits per heavy atom. The number of alkyl halides is 3. The molecule has 0 N–H and O–H groups in total. The molecule has 0 bridgehead atoms. The van der Waals surface area contributed by atoms with Gasteiger partial charge in [-0.25, -0.2) is 4.98 Å². The lowest BCUT2D eigenvalue weighted by Crippen LogP contribution is -2.50. The number of ether oxygens (including phenoxy) is 1. The molecule has 3 aromatic rings. The highest BCUT2D eigenvalue weighted by Crippen LogP contribution is 2.29. The first-order chi connectivity index (χ1) is 15.3. The second-order valence-corrected chi connectivity index (χ2v) is 7.37. The molecule has 0 unspecified atom stereocenters. The Morgan fingerprint density at radius 1 is 1.09 bits per heavy atom.